The molecule has 96 valence electrons. The molecule has 1 aliphatic heterocycles. The topological polar surface area (TPSA) is 21.3 Å². The Labute approximate surface area is 101 Å². The molecule has 16 heavy (non-hydrogen) atoms. The fourth-order valence-electron chi connectivity index (χ4n) is 2.47. The molecule has 1 rings (SSSR count). The van der Waals surface area contributed by atoms with Crippen LogP contribution in [0.3, 0.4) is 0 Å². The Morgan fingerprint density at radius 1 is 1.31 bits per heavy atom. The fourth-order valence-corrected chi connectivity index (χ4v) is 2.47. The van der Waals surface area contributed by atoms with Gasteiger partial charge in [-0.05, 0) is 51.5 Å². The summed E-state index contributed by atoms with van der Waals surface area (Å²) in [7, 11) is 0. The van der Waals surface area contributed by atoms with Crippen molar-refractivity contribution in [3.63, 3.8) is 0 Å². The van der Waals surface area contributed by atoms with E-state index in [2.05, 4.69) is 19.2 Å². The van der Waals surface area contributed by atoms with Gasteiger partial charge in [-0.1, -0.05) is 20.3 Å². The average molecular weight is 227 g/mol. The Kier molecular flexibility index (Phi) is 7.87. The van der Waals surface area contributed by atoms with Gasteiger partial charge in [0.2, 0.25) is 0 Å². The second kappa shape index (κ2) is 9.00. The molecule has 0 bridgehead atoms. The standard InChI is InChI=1S/C14H29NO/c1-3-8-13(4-2)15-11-7-10-14-9-5-6-12-16-14/h13-15H,3-12H2,1-2H3. The van der Waals surface area contributed by atoms with E-state index in [-0.39, 0.29) is 0 Å². The lowest BCUT2D eigenvalue weighted by molar-refractivity contribution is 0.0101. The SMILES string of the molecule is CCCC(CC)NCCCC1CCCCO1. The molecule has 0 amide bonds. The van der Waals surface area contributed by atoms with Gasteiger partial charge in [-0.2, -0.15) is 0 Å². The summed E-state index contributed by atoms with van der Waals surface area (Å²) in [5, 5.41) is 3.65. The lowest BCUT2D eigenvalue weighted by Gasteiger charge is -2.23. The van der Waals surface area contributed by atoms with Gasteiger partial charge >= 0.3 is 0 Å². The van der Waals surface area contributed by atoms with Crippen molar-refractivity contribution in [3.8, 4) is 0 Å². The van der Waals surface area contributed by atoms with Crippen LogP contribution in [0.15, 0.2) is 0 Å². The highest BCUT2D eigenvalue weighted by atomic mass is 16.5. The molecule has 0 spiro atoms. The van der Waals surface area contributed by atoms with Crippen LogP contribution in [-0.4, -0.2) is 25.3 Å². The average Bonchev–Trinajstić information content (AvgIpc) is 2.34. The summed E-state index contributed by atoms with van der Waals surface area (Å²) in [6.45, 7) is 6.70. The van der Waals surface area contributed by atoms with Crippen molar-refractivity contribution in [1.29, 1.82) is 0 Å². The zero-order chi connectivity index (χ0) is 11.6. The largest absolute Gasteiger partial charge is 0.378 e. The van der Waals surface area contributed by atoms with Gasteiger partial charge in [0.15, 0.2) is 0 Å². The minimum absolute atomic E-state index is 0.557. The molecule has 0 radical (unpaired) electrons. The van der Waals surface area contributed by atoms with E-state index in [1.165, 1.54) is 57.9 Å². The van der Waals surface area contributed by atoms with Crippen LogP contribution in [0, 0.1) is 0 Å². The maximum absolute atomic E-state index is 5.73. The molecule has 0 aliphatic carbocycles. The van der Waals surface area contributed by atoms with Crippen molar-refractivity contribution in [2.24, 2.45) is 0 Å². The number of nitrogens with one attached hydrogen (secondary N) is 1. The summed E-state index contributed by atoms with van der Waals surface area (Å²) in [4.78, 5) is 0. The number of ether oxygens (including phenoxy) is 1. The first-order valence-corrected chi connectivity index (χ1v) is 7.21. The van der Waals surface area contributed by atoms with Crippen LogP contribution in [0.2, 0.25) is 0 Å². The molecule has 0 aromatic rings. The highest BCUT2D eigenvalue weighted by Crippen LogP contribution is 2.16. The van der Waals surface area contributed by atoms with Crippen LogP contribution in [-0.2, 0) is 4.74 Å². The van der Waals surface area contributed by atoms with Crippen LogP contribution in [0.25, 0.3) is 0 Å². The molecule has 2 nitrogen and oxygen atoms in total. The van der Waals surface area contributed by atoms with E-state index < -0.39 is 0 Å². The molecular formula is C14H29NO. The Bertz CT molecular complexity index is 148. The number of hydrogen-bond donors (Lipinski definition) is 1. The second-order valence-electron chi connectivity index (χ2n) is 4.98. The monoisotopic (exact) mass is 227 g/mol. The minimum Gasteiger partial charge on any atom is -0.378 e. The fraction of sp³-hybridized carbons (Fsp3) is 1.00. The zero-order valence-corrected chi connectivity index (χ0v) is 11.1. The molecule has 1 heterocycles. The molecule has 1 N–H and O–H groups in total. The van der Waals surface area contributed by atoms with Crippen molar-refractivity contribution in [2.75, 3.05) is 13.2 Å². The third-order valence-corrected chi connectivity index (χ3v) is 3.54. The van der Waals surface area contributed by atoms with Gasteiger partial charge in [0.25, 0.3) is 0 Å². The van der Waals surface area contributed by atoms with Gasteiger partial charge in [-0.15, -0.1) is 0 Å². The molecule has 2 unspecified atom stereocenters. The maximum Gasteiger partial charge on any atom is 0.0575 e. The zero-order valence-electron chi connectivity index (χ0n) is 11.1. The second-order valence-corrected chi connectivity index (χ2v) is 4.98. The quantitative estimate of drug-likeness (QED) is 0.641. The molecule has 0 saturated carbocycles. The van der Waals surface area contributed by atoms with Crippen LogP contribution in [0.5, 0.6) is 0 Å². The van der Waals surface area contributed by atoms with Gasteiger partial charge in [-0.3, -0.25) is 0 Å². The molecule has 1 aliphatic rings. The Morgan fingerprint density at radius 2 is 2.19 bits per heavy atom. The van der Waals surface area contributed by atoms with Crippen molar-refractivity contribution in [3.05, 3.63) is 0 Å². The molecule has 0 aromatic carbocycles. The molecular weight excluding hydrogens is 198 g/mol. The van der Waals surface area contributed by atoms with Crippen molar-refractivity contribution in [1.82, 2.24) is 5.32 Å². The van der Waals surface area contributed by atoms with Gasteiger partial charge in [-0.25, -0.2) is 0 Å². The van der Waals surface area contributed by atoms with E-state index in [9.17, 15) is 0 Å². The Hall–Kier alpha value is -0.0800. The highest BCUT2D eigenvalue weighted by molar-refractivity contribution is 4.67. The minimum atomic E-state index is 0.557. The van der Waals surface area contributed by atoms with E-state index in [4.69, 9.17) is 4.74 Å². The van der Waals surface area contributed by atoms with E-state index >= 15 is 0 Å². The summed E-state index contributed by atoms with van der Waals surface area (Å²) in [5.74, 6) is 0. The molecule has 1 saturated heterocycles. The normalized spacial score (nSPS) is 23.2. The van der Waals surface area contributed by atoms with E-state index in [1.807, 2.05) is 0 Å². The molecule has 0 aromatic heterocycles. The maximum atomic E-state index is 5.73. The lowest BCUT2D eigenvalue weighted by atomic mass is 10.0. The Balaban J connectivity index is 1.97. The van der Waals surface area contributed by atoms with Gasteiger partial charge in [0.05, 0.1) is 6.10 Å². The predicted octanol–water partition coefficient (Wildman–Crippen LogP) is 3.50. The van der Waals surface area contributed by atoms with Crippen molar-refractivity contribution in [2.45, 2.75) is 77.4 Å². The summed E-state index contributed by atoms with van der Waals surface area (Å²) >= 11 is 0. The van der Waals surface area contributed by atoms with Crippen LogP contribution >= 0.6 is 0 Å². The van der Waals surface area contributed by atoms with Crippen LogP contribution < -0.4 is 5.32 Å². The van der Waals surface area contributed by atoms with E-state index in [0.29, 0.717) is 6.10 Å². The van der Waals surface area contributed by atoms with Crippen molar-refractivity contribution >= 4 is 0 Å². The van der Waals surface area contributed by atoms with Gasteiger partial charge < -0.3 is 10.1 Å². The first-order chi connectivity index (χ1) is 7.86. The van der Waals surface area contributed by atoms with Crippen LogP contribution in [0.1, 0.15) is 65.2 Å². The number of rotatable bonds is 8. The van der Waals surface area contributed by atoms with Crippen LogP contribution in [0.4, 0.5) is 0 Å². The smallest absolute Gasteiger partial charge is 0.0575 e. The molecule has 1 fully saturated rings. The van der Waals surface area contributed by atoms with Gasteiger partial charge in [0, 0.05) is 12.6 Å². The Morgan fingerprint density at radius 3 is 2.81 bits per heavy atom. The van der Waals surface area contributed by atoms with E-state index in [1.54, 1.807) is 0 Å². The summed E-state index contributed by atoms with van der Waals surface area (Å²) < 4.78 is 5.73. The molecule has 2 heteroatoms. The first kappa shape index (κ1) is 14.0. The third-order valence-electron chi connectivity index (χ3n) is 3.54. The van der Waals surface area contributed by atoms with E-state index in [0.717, 1.165) is 12.6 Å². The predicted molar refractivity (Wildman–Crippen MR) is 69.8 cm³/mol. The highest BCUT2D eigenvalue weighted by Gasteiger charge is 2.13. The summed E-state index contributed by atoms with van der Waals surface area (Å²) in [5.41, 5.74) is 0. The van der Waals surface area contributed by atoms with Gasteiger partial charge in [0.1, 0.15) is 0 Å². The first-order valence-electron chi connectivity index (χ1n) is 7.21. The van der Waals surface area contributed by atoms with Crippen molar-refractivity contribution < 1.29 is 4.74 Å². The summed E-state index contributed by atoms with van der Waals surface area (Å²) in [6.07, 6.45) is 10.9. The molecule has 2 atom stereocenters. The third kappa shape index (κ3) is 5.86. The number of hydrogen-bond acceptors (Lipinski definition) is 2. The lowest BCUT2D eigenvalue weighted by Crippen LogP contribution is -2.30. The summed E-state index contributed by atoms with van der Waals surface area (Å²) in [6, 6.07) is 0.734.